The van der Waals surface area contributed by atoms with Gasteiger partial charge in [0, 0.05) is 35.3 Å². The lowest BCUT2D eigenvalue weighted by molar-refractivity contribution is -0.145. The summed E-state index contributed by atoms with van der Waals surface area (Å²) in [5.74, 6) is -0.781. The summed E-state index contributed by atoms with van der Waals surface area (Å²) in [4.78, 5) is 20.7. The highest BCUT2D eigenvalue weighted by Crippen LogP contribution is 2.38. The fourth-order valence-electron chi connectivity index (χ4n) is 4.18. The van der Waals surface area contributed by atoms with Crippen molar-refractivity contribution in [3.63, 3.8) is 0 Å². The lowest BCUT2D eigenvalue weighted by Crippen LogP contribution is -2.55. The molecule has 1 saturated heterocycles. The number of piperazine rings is 1. The lowest BCUT2D eigenvalue weighted by atomic mass is 9.95. The molecule has 1 aromatic carbocycles. The zero-order valence-electron chi connectivity index (χ0n) is 15.0. The number of benzene rings is 1. The molecule has 1 aliphatic heterocycles. The lowest BCUT2D eigenvalue weighted by Gasteiger charge is -2.41. The molecule has 2 aromatic rings. The van der Waals surface area contributed by atoms with Crippen LogP contribution in [0, 0.1) is 0 Å². The number of likely N-dealkylation sites (N-methyl/N-ethyl adjacent to an activating group) is 1. The molecule has 27 heavy (non-hydrogen) atoms. The highest BCUT2D eigenvalue weighted by Gasteiger charge is 2.37. The first kappa shape index (κ1) is 18.9. The van der Waals surface area contributed by atoms with E-state index < -0.39 is 12.0 Å². The van der Waals surface area contributed by atoms with Crippen LogP contribution in [0.1, 0.15) is 28.4 Å². The number of aryl methyl sites for hydroxylation is 2. The van der Waals surface area contributed by atoms with E-state index in [0.717, 1.165) is 34.6 Å². The van der Waals surface area contributed by atoms with Gasteiger partial charge in [-0.15, -0.1) is 0 Å². The summed E-state index contributed by atoms with van der Waals surface area (Å²) in [6.07, 6.45) is 3.62. The second-order valence-corrected chi connectivity index (χ2v) is 8.63. The first-order valence-corrected chi connectivity index (χ1v) is 10.2. The number of carboxylic acid groups (broad SMARTS) is 1. The van der Waals surface area contributed by atoms with Gasteiger partial charge in [0.05, 0.1) is 11.7 Å². The van der Waals surface area contributed by atoms with Crippen molar-refractivity contribution in [1.82, 2.24) is 14.8 Å². The van der Waals surface area contributed by atoms with Crippen LogP contribution in [0.3, 0.4) is 0 Å². The van der Waals surface area contributed by atoms with Crippen LogP contribution in [0.4, 0.5) is 0 Å². The molecule has 0 amide bonds. The van der Waals surface area contributed by atoms with Crippen molar-refractivity contribution < 1.29 is 9.90 Å². The van der Waals surface area contributed by atoms with Crippen molar-refractivity contribution in [2.45, 2.75) is 24.9 Å². The third-order valence-electron chi connectivity index (χ3n) is 5.62. The minimum Gasteiger partial charge on any atom is -0.480 e. The molecule has 0 spiro atoms. The Morgan fingerprint density at radius 1 is 1.26 bits per heavy atom. The maximum atomic E-state index is 11.7. The van der Waals surface area contributed by atoms with E-state index >= 15 is 0 Å². The normalized spacial score (nSPS) is 23.4. The standard InChI is InChI=1S/C20H21BrClN3O2/c1-24-6-7-25(11-17(24)20(26)27)19-16-5-4-15(22)9-12(16)2-3-13-8-14(21)10-23-18(13)19/h4-5,8-10,17,19H,2-3,6-7,11H2,1H3,(H,26,27)/t17-,19?/m1/s1. The zero-order valence-corrected chi connectivity index (χ0v) is 17.4. The number of nitrogens with zero attached hydrogens (tertiary/aromatic N) is 3. The molecule has 1 N–H and O–H groups in total. The van der Waals surface area contributed by atoms with Crippen LogP contribution in [-0.4, -0.2) is 58.6 Å². The Morgan fingerprint density at radius 3 is 2.81 bits per heavy atom. The maximum absolute atomic E-state index is 11.7. The first-order valence-electron chi connectivity index (χ1n) is 9.04. The summed E-state index contributed by atoms with van der Waals surface area (Å²) < 4.78 is 0.964. The number of halogens is 2. The average molecular weight is 451 g/mol. The first-order chi connectivity index (χ1) is 12.9. The Hall–Kier alpha value is -1.47. The van der Waals surface area contributed by atoms with Crippen LogP contribution >= 0.6 is 27.5 Å². The van der Waals surface area contributed by atoms with E-state index in [-0.39, 0.29) is 6.04 Å². The molecule has 7 heteroatoms. The largest absolute Gasteiger partial charge is 0.480 e. The number of rotatable bonds is 2. The Balaban J connectivity index is 1.82. The van der Waals surface area contributed by atoms with E-state index in [2.05, 4.69) is 33.0 Å². The van der Waals surface area contributed by atoms with E-state index in [4.69, 9.17) is 16.6 Å². The summed E-state index contributed by atoms with van der Waals surface area (Å²) in [7, 11) is 1.88. The van der Waals surface area contributed by atoms with Gasteiger partial charge in [-0.25, -0.2) is 0 Å². The van der Waals surface area contributed by atoms with E-state index in [1.54, 1.807) is 0 Å². The van der Waals surface area contributed by atoms with Gasteiger partial charge in [0.15, 0.2) is 0 Å². The molecule has 0 radical (unpaired) electrons. The number of pyridine rings is 1. The predicted molar refractivity (Wildman–Crippen MR) is 108 cm³/mol. The summed E-state index contributed by atoms with van der Waals surface area (Å²) in [6, 6.07) is 7.59. The molecule has 0 saturated carbocycles. The molecule has 1 aliphatic carbocycles. The van der Waals surface area contributed by atoms with Crippen molar-refractivity contribution in [3.05, 3.63) is 62.3 Å². The van der Waals surface area contributed by atoms with E-state index in [1.165, 1.54) is 16.7 Å². The molecule has 142 valence electrons. The van der Waals surface area contributed by atoms with E-state index in [9.17, 15) is 9.90 Å². The fourth-order valence-corrected chi connectivity index (χ4v) is 4.75. The third-order valence-corrected chi connectivity index (χ3v) is 6.29. The van der Waals surface area contributed by atoms with Crippen molar-refractivity contribution in [2.75, 3.05) is 26.7 Å². The number of aromatic nitrogens is 1. The summed E-state index contributed by atoms with van der Waals surface area (Å²) in [5.41, 5.74) is 4.62. The number of fused-ring (bicyclic) bond motifs is 2. The molecule has 2 atom stereocenters. The number of carbonyl (C=O) groups is 1. The van der Waals surface area contributed by atoms with Gasteiger partial charge >= 0.3 is 5.97 Å². The molecule has 5 nitrogen and oxygen atoms in total. The Kier molecular flexibility index (Phi) is 5.25. The van der Waals surface area contributed by atoms with Gasteiger partial charge in [-0.1, -0.05) is 17.7 Å². The smallest absolute Gasteiger partial charge is 0.322 e. The van der Waals surface area contributed by atoms with Gasteiger partial charge in [0.2, 0.25) is 0 Å². The minimum atomic E-state index is -0.781. The number of hydrogen-bond donors (Lipinski definition) is 1. The molecular weight excluding hydrogens is 430 g/mol. The highest BCUT2D eigenvalue weighted by atomic mass is 79.9. The number of carboxylic acids is 1. The van der Waals surface area contributed by atoms with Gasteiger partial charge in [-0.3, -0.25) is 19.6 Å². The highest BCUT2D eigenvalue weighted by molar-refractivity contribution is 9.10. The summed E-state index contributed by atoms with van der Waals surface area (Å²) >= 11 is 9.80. The van der Waals surface area contributed by atoms with E-state index in [1.807, 2.05) is 30.3 Å². The molecule has 1 fully saturated rings. The topological polar surface area (TPSA) is 56.7 Å². The van der Waals surface area contributed by atoms with Gasteiger partial charge in [-0.05, 0) is 70.7 Å². The second kappa shape index (κ2) is 7.51. The summed E-state index contributed by atoms with van der Waals surface area (Å²) in [6.45, 7) is 1.97. The molecule has 4 rings (SSSR count). The van der Waals surface area contributed by atoms with Crippen LogP contribution in [0.25, 0.3) is 0 Å². The zero-order chi connectivity index (χ0) is 19.1. The third kappa shape index (κ3) is 3.63. The van der Waals surface area contributed by atoms with Gasteiger partial charge in [-0.2, -0.15) is 0 Å². The monoisotopic (exact) mass is 449 g/mol. The maximum Gasteiger partial charge on any atom is 0.322 e. The van der Waals surface area contributed by atoms with Crippen molar-refractivity contribution in [3.8, 4) is 0 Å². The van der Waals surface area contributed by atoms with Crippen LogP contribution in [0.2, 0.25) is 5.02 Å². The molecule has 2 heterocycles. The fraction of sp³-hybridized carbons (Fsp3) is 0.400. The number of hydrogen-bond acceptors (Lipinski definition) is 4. The predicted octanol–water partition coefficient (Wildman–Crippen LogP) is 3.39. The van der Waals surface area contributed by atoms with E-state index in [0.29, 0.717) is 13.1 Å². The Labute approximate surface area is 172 Å². The number of aliphatic carboxylic acids is 1. The minimum absolute atomic E-state index is 0.0570. The van der Waals surface area contributed by atoms with Gasteiger partial charge in [0.25, 0.3) is 0 Å². The van der Waals surface area contributed by atoms with Gasteiger partial charge in [0.1, 0.15) is 6.04 Å². The SMILES string of the molecule is CN1CCN(C2c3ccc(Cl)cc3CCc3cc(Br)cnc32)C[C@@H]1C(=O)O. The molecule has 1 unspecified atom stereocenters. The van der Waals surface area contributed by atoms with Crippen LogP contribution in [0.15, 0.2) is 34.9 Å². The van der Waals surface area contributed by atoms with Crippen LogP contribution in [-0.2, 0) is 17.6 Å². The molecule has 1 aromatic heterocycles. The van der Waals surface area contributed by atoms with Crippen molar-refractivity contribution >= 4 is 33.5 Å². The molecule has 0 bridgehead atoms. The molecular formula is C20H21BrClN3O2. The quantitative estimate of drug-likeness (QED) is 0.760. The second-order valence-electron chi connectivity index (χ2n) is 7.27. The van der Waals surface area contributed by atoms with Crippen LogP contribution < -0.4 is 0 Å². The van der Waals surface area contributed by atoms with Gasteiger partial charge < -0.3 is 5.11 Å². The molecule has 2 aliphatic rings. The Bertz CT molecular complexity index is 838. The summed E-state index contributed by atoms with van der Waals surface area (Å²) in [5, 5.41) is 10.4. The Morgan fingerprint density at radius 2 is 2.04 bits per heavy atom. The van der Waals surface area contributed by atoms with Crippen molar-refractivity contribution in [1.29, 1.82) is 0 Å². The van der Waals surface area contributed by atoms with Crippen LogP contribution in [0.5, 0.6) is 0 Å². The average Bonchev–Trinajstić information content (AvgIpc) is 2.78. The van der Waals surface area contributed by atoms with Crippen molar-refractivity contribution in [2.24, 2.45) is 0 Å².